The Hall–Kier alpha value is -1.52. The first-order chi connectivity index (χ1) is 9.85. The lowest BCUT2D eigenvalue weighted by Crippen LogP contribution is -2.56. The average Bonchev–Trinajstić information content (AvgIpc) is 2.84. The van der Waals surface area contributed by atoms with Crippen molar-refractivity contribution in [1.29, 1.82) is 0 Å². The van der Waals surface area contributed by atoms with Crippen LogP contribution >= 0.6 is 0 Å². The third-order valence-corrected chi connectivity index (χ3v) is 4.34. The van der Waals surface area contributed by atoms with Crippen LogP contribution in [0.4, 0.5) is 0 Å². The first kappa shape index (κ1) is 15.9. The Morgan fingerprint density at radius 3 is 2.38 bits per heavy atom. The van der Waals surface area contributed by atoms with Crippen LogP contribution in [0.15, 0.2) is 49.0 Å². The zero-order valence-corrected chi connectivity index (χ0v) is 13.3. The molecule has 0 bridgehead atoms. The molecule has 2 fully saturated rings. The Morgan fingerprint density at radius 2 is 1.90 bits per heavy atom. The highest BCUT2D eigenvalue weighted by Crippen LogP contribution is 2.60. The van der Waals surface area contributed by atoms with Gasteiger partial charge >= 0.3 is 0 Å². The van der Waals surface area contributed by atoms with Crippen molar-refractivity contribution in [2.45, 2.75) is 50.4 Å². The maximum Gasteiger partial charge on any atom is 0.199 e. The number of hydrogen-bond donors (Lipinski definition) is 0. The van der Waals surface area contributed by atoms with Crippen LogP contribution in [-0.2, 0) is 19.2 Å². The lowest BCUT2D eigenvalue weighted by molar-refractivity contribution is -0.329. The molecule has 0 spiro atoms. The van der Waals surface area contributed by atoms with E-state index in [2.05, 4.69) is 26.7 Å². The zero-order valence-electron chi connectivity index (χ0n) is 13.3. The summed E-state index contributed by atoms with van der Waals surface area (Å²) in [6.07, 6.45) is 5.07. The van der Waals surface area contributed by atoms with Gasteiger partial charge in [0.2, 0.25) is 0 Å². The predicted molar refractivity (Wildman–Crippen MR) is 81.3 cm³/mol. The largest absolute Gasteiger partial charge is 0.501 e. The monoisotopic (exact) mass is 292 g/mol. The smallest absolute Gasteiger partial charge is 0.199 e. The van der Waals surface area contributed by atoms with Crippen LogP contribution in [0.25, 0.3) is 0 Å². The van der Waals surface area contributed by atoms with Crippen molar-refractivity contribution in [2.75, 3.05) is 7.11 Å². The standard InChI is InChI=1S/C17H24O4/c1-8-11-13(18-7)14-12(4)19-17(10-3)15(5,6)20-21-16(14,17)9-2/h9-10H,2-4,8,11H2,1,5-7H3/b14-13-/t16-,17-/m0/s1. The molecular formula is C17H24O4. The molecule has 0 amide bonds. The highest BCUT2D eigenvalue weighted by Gasteiger charge is 2.74. The number of fused-ring (bicyclic) bond motifs is 1. The van der Waals surface area contributed by atoms with Gasteiger partial charge in [-0.25, -0.2) is 9.78 Å². The van der Waals surface area contributed by atoms with E-state index in [1.807, 2.05) is 13.8 Å². The minimum absolute atomic E-state index is 0.511. The first-order valence-electron chi connectivity index (χ1n) is 7.15. The molecule has 0 aromatic heterocycles. The van der Waals surface area contributed by atoms with E-state index in [4.69, 9.17) is 19.2 Å². The van der Waals surface area contributed by atoms with Crippen molar-refractivity contribution in [2.24, 2.45) is 0 Å². The van der Waals surface area contributed by atoms with Gasteiger partial charge < -0.3 is 9.47 Å². The summed E-state index contributed by atoms with van der Waals surface area (Å²) in [4.78, 5) is 11.3. The molecule has 0 unspecified atom stereocenters. The molecular weight excluding hydrogens is 268 g/mol. The summed E-state index contributed by atoms with van der Waals surface area (Å²) in [6, 6.07) is 0. The number of hydrogen-bond acceptors (Lipinski definition) is 4. The maximum atomic E-state index is 6.10. The molecule has 2 heterocycles. The summed E-state index contributed by atoms with van der Waals surface area (Å²) >= 11 is 0. The first-order valence-corrected chi connectivity index (χ1v) is 7.15. The second kappa shape index (κ2) is 5.04. The van der Waals surface area contributed by atoms with Crippen molar-refractivity contribution < 1.29 is 19.2 Å². The second-order valence-electron chi connectivity index (χ2n) is 5.83. The van der Waals surface area contributed by atoms with E-state index in [9.17, 15) is 0 Å². The molecule has 21 heavy (non-hydrogen) atoms. The number of ether oxygens (including phenoxy) is 2. The Kier molecular flexibility index (Phi) is 3.80. The Morgan fingerprint density at radius 1 is 1.24 bits per heavy atom. The van der Waals surface area contributed by atoms with Crippen LogP contribution in [0.5, 0.6) is 0 Å². The van der Waals surface area contributed by atoms with Gasteiger partial charge in [-0.05, 0) is 32.4 Å². The molecule has 0 saturated carbocycles. The van der Waals surface area contributed by atoms with E-state index in [1.165, 1.54) is 0 Å². The van der Waals surface area contributed by atoms with E-state index in [1.54, 1.807) is 19.3 Å². The van der Waals surface area contributed by atoms with E-state index in [-0.39, 0.29) is 0 Å². The normalized spacial score (nSPS) is 35.9. The number of methoxy groups -OCH3 is 1. The maximum absolute atomic E-state index is 6.10. The third-order valence-electron chi connectivity index (χ3n) is 4.34. The lowest BCUT2D eigenvalue weighted by Gasteiger charge is -2.36. The summed E-state index contributed by atoms with van der Waals surface area (Å²) < 4.78 is 11.7. The quantitative estimate of drug-likeness (QED) is 0.438. The van der Waals surface area contributed by atoms with Gasteiger partial charge in [-0.15, -0.1) is 0 Å². The van der Waals surface area contributed by atoms with Crippen molar-refractivity contribution in [3.63, 3.8) is 0 Å². The molecule has 2 saturated heterocycles. The van der Waals surface area contributed by atoms with Crippen molar-refractivity contribution in [1.82, 2.24) is 0 Å². The van der Waals surface area contributed by atoms with Gasteiger partial charge in [-0.2, -0.15) is 0 Å². The highest BCUT2D eigenvalue weighted by atomic mass is 17.2. The molecule has 2 atom stereocenters. The minimum Gasteiger partial charge on any atom is -0.501 e. The lowest BCUT2D eigenvalue weighted by atomic mass is 9.71. The van der Waals surface area contributed by atoms with E-state index in [0.717, 1.165) is 24.2 Å². The molecule has 4 nitrogen and oxygen atoms in total. The third kappa shape index (κ3) is 1.75. The molecule has 116 valence electrons. The molecule has 0 aromatic rings. The van der Waals surface area contributed by atoms with E-state index >= 15 is 0 Å². The molecule has 0 N–H and O–H groups in total. The van der Waals surface area contributed by atoms with Crippen LogP contribution in [0, 0.1) is 0 Å². The van der Waals surface area contributed by atoms with Crippen LogP contribution in [0.2, 0.25) is 0 Å². The van der Waals surface area contributed by atoms with E-state index in [0.29, 0.717) is 5.76 Å². The summed E-state index contributed by atoms with van der Waals surface area (Å²) in [5.74, 6) is 1.28. The highest BCUT2D eigenvalue weighted by molar-refractivity contribution is 5.53. The fourth-order valence-corrected chi connectivity index (χ4v) is 3.27. The zero-order chi connectivity index (χ0) is 15.9. The van der Waals surface area contributed by atoms with Gasteiger partial charge in [-0.1, -0.05) is 26.7 Å². The van der Waals surface area contributed by atoms with Crippen LogP contribution in [0.3, 0.4) is 0 Å². The van der Waals surface area contributed by atoms with Gasteiger partial charge in [0.25, 0.3) is 0 Å². The van der Waals surface area contributed by atoms with Crippen LogP contribution in [-0.4, -0.2) is 23.9 Å². The Bertz CT molecular complexity index is 517. The fraction of sp³-hybridized carbons (Fsp3) is 0.529. The van der Waals surface area contributed by atoms with Crippen molar-refractivity contribution >= 4 is 0 Å². The number of rotatable bonds is 5. The fourth-order valence-electron chi connectivity index (χ4n) is 3.27. The number of allylic oxidation sites excluding steroid dienone is 1. The van der Waals surface area contributed by atoms with Crippen LogP contribution < -0.4 is 0 Å². The van der Waals surface area contributed by atoms with Gasteiger partial charge in [0.05, 0.1) is 12.7 Å². The minimum atomic E-state index is -1.00. The molecule has 2 aliphatic rings. The molecule has 0 aromatic carbocycles. The van der Waals surface area contributed by atoms with Gasteiger partial charge in [0.1, 0.15) is 17.1 Å². The molecule has 2 rings (SSSR count). The molecule has 4 heteroatoms. The predicted octanol–water partition coefficient (Wildman–Crippen LogP) is 3.82. The van der Waals surface area contributed by atoms with E-state index < -0.39 is 16.8 Å². The summed E-state index contributed by atoms with van der Waals surface area (Å²) in [7, 11) is 1.64. The molecule has 0 aliphatic carbocycles. The average molecular weight is 292 g/mol. The van der Waals surface area contributed by atoms with Gasteiger partial charge in [0.15, 0.2) is 11.2 Å². The summed E-state index contributed by atoms with van der Waals surface area (Å²) in [6.45, 7) is 17.8. The molecule has 2 aliphatic heterocycles. The Labute approximate surface area is 126 Å². The SMILES string of the molecule is C=C[C@@]12OOC(C)(C)[C@]1(C=C)OC(=C)/C2=C(\CCC)OC. The van der Waals surface area contributed by atoms with Crippen molar-refractivity contribution in [3.8, 4) is 0 Å². The topological polar surface area (TPSA) is 36.9 Å². The second-order valence-corrected chi connectivity index (χ2v) is 5.83. The van der Waals surface area contributed by atoms with Crippen LogP contribution in [0.1, 0.15) is 33.6 Å². The van der Waals surface area contributed by atoms with Gasteiger partial charge in [-0.3, -0.25) is 0 Å². The molecule has 0 radical (unpaired) electrons. The summed E-state index contributed by atoms with van der Waals surface area (Å²) in [5.41, 5.74) is -1.92. The Balaban J connectivity index is 2.74. The summed E-state index contributed by atoms with van der Waals surface area (Å²) in [5, 5.41) is 0. The van der Waals surface area contributed by atoms with Crippen molar-refractivity contribution in [3.05, 3.63) is 49.0 Å². The van der Waals surface area contributed by atoms with Gasteiger partial charge in [0, 0.05) is 6.42 Å².